The van der Waals surface area contributed by atoms with Gasteiger partial charge in [-0.15, -0.1) is 0 Å². The summed E-state index contributed by atoms with van der Waals surface area (Å²) in [6.07, 6.45) is 0. The van der Waals surface area contributed by atoms with E-state index in [0.29, 0.717) is 11.5 Å². The summed E-state index contributed by atoms with van der Waals surface area (Å²) in [5.41, 5.74) is 13.5. The quantitative estimate of drug-likeness (QED) is 0.149. The highest BCUT2D eigenvalue weighted by Gasteiger charge is 2.25. The predicted octanol–water partition coefficient (Wildman–Crippen LogP) is 9.34. The summed E-state index contributed by atoms with van der Waals surface area (Å²) < 4.78 is 0. The molecule has 0 aliphatic heterocycles. The van der Waals surface area contributed by atoms with Gasteiger partial charge in [0.25, 0.3) is 0 Å². The van der Waals surface area contributed by atoms with Crippen LogP contribution in [0.15, 0.2) is 72.8 Å². The Morgan fingerprint density at radius 3 is 1.00 bits per heavy atom. The van der Waals surface area contributed by atoms with Crippen molar-refractivity contribution in [3.05, 3.63) is 151 Å². The van der Waals surface area contributed by atoms with Crippen LogP contribution in [0.1, 0.15) is 89.7 Å². The molecular formula is C40H42O4. The highest BCUT2D eigenvalue weighted by Crippen LogP contribution is 2.42. The van der Waals surface area contributed by atoms with Gasteiger partial charge in [-0.05, 0) is 145 Å². The van der Waals surface area contributed by atoms with Crippen LogP contribution in [0, 0.1) is 55.4 Å². The Morgan fingerprint density at radius 1 is 0.341 bits per heavy atom. The first kappa shape index (κ1) is 30.7. The second kappa shape index (κ2) is 11.8. The van der Waals surface area contributed by atoms with Crippen molar-refractivity contribution in [1.29, 1.82) is 0 Å². The van der Waals surface area contributed by atoms with Gasteiger partial charge in [0.2, 0.25) is 0 Å². The summed E-state index contributed by atoms with van der Waals surface area (Å²) in [4.78, 5) is 0. The molecule has 0 amide bonds. The van der Waals surface area contributed by atoms with E-state index in [4.69, 9.17) is 0 Å². The van der Waals surface area contributed by atoms with Gasteiger partial charge in [-0.25, -0.2) is 0 Å². The molecule has 226 valence electrons. The molecule has 5 aromatic carbocycles. The molecule has 5 aromatic rings. The molecule has 0 saturated carbocycles. The van der Waals surface area contributed by atoms with Gasteiger partial charge in [-0.3, -0.25) is 0 Å². The second-order valence-corrected chi connectivity index (χ2v) is 12.5. The van der Waals surface area contributed by atoms with E-state index in [1.165, 1.54) is 0 Å². The predicted molar refractivity (Wildman–Crippen MR) is 179 cm³/mol. The number of aryl methyl sites for hydroxylation is 8. The standard InChI is InChI=1S/C40H42O4/c1-21-19-35(41)23(3)17-33(21)38(34-18-24(4)36(42)20-22(34)2)30-11-9-29(10-12-30)37(31-13-25(5)39(43)26(6)14-31)32-15-27(7)40(44)28(8)16-32/h9-20,37-38,41-44H,1-8H3. The van der Waals surface area contributed by atoms with E-state index < -0.39 is 0 Å². The van der Waals surface area contributed by atoms with E-state index in [9.17, 15) is 20.4 Å². The highest BCUT2D eigenvalue weighted by molar-refractivity contribution is 5.57. The molecule has 4 nitrogen and oxygen atoms in total. The molecule has 0 bridgehead atoms. The lowest BCUT2D eigenvalue weighted by Crippen LogP contribution is -2.10. The molecule has 0 aromatic heterocycles. The molecule has 0 radical (unpaired) electrons. The molecule has 5 rings (SSSR count). The van der Waals surface area contributed by atoms with E-state index in [2.05, 4.69) is 36.4 Å². The molecule has 0 aliphatic carbocycles. The van der Waals surface area contributed by atoms with Gasteiger partial charge >= 0.3 is 0 Å². The molecule has 0 atom stereocenters. The van der Waals surface area contributed by atoms with E-state index in [1.54, 1.807) is 0 Å². The maximum Gasteiger partial charge on any atom is 0.121 e. The number of hydrogen-bond acceptors (Lipinski definition) is 4. The van der Waals surface area contributed by atoms with Crippen molar-refractivity contribution in [3.8, 4) is 23.0 Å². The third-order valence-electron chi connectivity index (χ3n) is 9.09. The highest BCUT2D eigenvalue weighted by atomic mass is 16.3. The van der Waals surface area contributed by atoms with Gasteiger partial charge < -0.3 is 20.4 Å². The van der Waals surface area contributed by atoms with Gasteiger partial charge in [0.05, 0.1) is 0 Å². The minimum atomic E-state index is -0.117. The first-order valence-electron chi connectivity index (χ1n) is 15.1. The van der Waals surface area contributed by atoms with Crippen molar-refractivity contribution >= 4 is 0 Å². The van der Waals surface area contributed by atoms with Crippen molar-refractivity contribution < 1.29 is 20.4 Å². The lowest BCUT2D eigenvalue weighted by atomic mass is 9.78. The van der Waals surface area contributed by atoms with Crippen LogP contribution in [0.4, 0.5) is 0 Å². The molecular weight excluding hydrogens is 544 g/mol. The van der Waals surface area contributed by atoms with Crippen LogP contribution < -0.4 is 0 Å². The smallest absolute Gasteiger partial charge is 0.121 e. The maximum atomic E-state index is 10.5. The lowest BCUT2D eigenvalue weighted by molar-refractivity contribution is 0.466. The molecule has 0 spiro atoms. The fraction of sp³-hybridized carbons (Fsp3) is 0.250. The number of phenolic OH excluding ortho intramolecular Hbond substituents is 4. The number of rotatable bonds is 6. The third kappa shape index (κ3) is 5.65. The Hall–Kier alpha value is -4.70. The molecule has 0 aliphatic rings. The summed E-state index contributed by atoms with van der Waals surface area (Å²) in [7, 11) is 0. The zero-order valence-corrected chi connectivity index (χ0v) is 26.9. The van der Waals surface area contributed by atoms with Crippen molar-refractivity contribution in [2.75, 3.05) is 0 Å². The van der Waals surface area contributed by atoms with Crippen molar-refractivity contribution in [3.63, 3.8) is 0 Å². The molecule has 4 heteroatoms. The topological polar surface area (TPSA) is 80.9 Å². The largest absolute Gasteiger partial charge is 0.508 e. The zero-order valence-electron chi connectivity index (χ0n) is 26.9. The second-order valence-electron chi connectivity index (χ2n) is 12.5. The first-order chi connectivity index (χ1) is 20.8. The van der Waals surface area contributed by atoms with Crippen LogP contribution in [-0.4, -0.2) is 20.4 Å². The SMILES string of the molecule is Cc1cc(C(c2ccc(C(c3cc(C)c(O)c(C)c3)c3cc(C)c(O)c(C)c3)cc2)c2cc(C)c(O)cc2C)c(C)cc1O. The molecule has 0 heterocycles. The van der Waals surface area contributed by atoms with Crippen molar-refractivity contribution in [1.82, 2.24) is 0 Å². The fourth-order valence-electron chi connectivity index (χ4n) is 6.57. The number of hydrogen-bond donors (Lipinski definition) is 4. The summed E-state index contributed by atoms with van der Waals surface area (Å²) >= 11 is 0. The van der Waals surface area contributed by atoms with Crippen LogP contribution >= 0.6 is 0 Å². The van der Waals surface area contributed by atoms with Gasteiger partial charge in [0, 0.05) is 11.8 Å². The van der Waals surface area contributed by atoms with Gasteiger partial charge in [0.15, 0.2) is 0 Å². The van der Waals surface area contributed by atoms with Gasteiger partial charge in [0.1, 0.15) is 23.0 Å². The average molecular weight is 587 g/mol. The third-order valence-corrected chi connectivity index (χ3v) is 9.09. The van der Waals surface area contributed by atoms with E-state index >= 15 is 0 Å². The summed E-state index contributed by atoms with van der Waals surface area (Å²) in [6, 6.07) is 24.7. The maximum absolute atomic E-state index is 10.5. The molecule has 4 N–H and O–H groups in total. The minimum Gasteiger partial charge on any atom is -0.508 e. The number of phenols is 4. The van der Waals surface area contributed by atoms with E-state index in [1.807, 2.05) is 91.8 Å². The van der Waals surface area contributed by atoms with Crippen LogP contribution in [0.3, 0.4) is 0 Å². The minimum absolute atomic E-state index is 0.113. The van der Waals surface area contributed by atoms with Crippen LogP contribution in [0.5, 0.6) is 23.0 Å². The molecule has 44 heavy (non-hydrogen) atoms. The number of benzene rings is 5. The van der Waals surface area contributed by atoms with Crippen molar-refractivity contribution in [2.24, 2.45) is 0 Å². The Kier molecular flexibility index (Phi) is 8.22. The zero-order chi connectivity index (χ0) is 32.0. The van der Waals surface area contributed by atoms with Crippen molar-refractivity contribution in [2.45, 2.75) is 67.2 Å². The molecule has 0 saturated heterocycles. The van der Waals surface area contributed by atoms with E-state index in [0.717, 1.165) is 77.9 Å². The number of aromatic hydroxyl groups is 4. The molecule has 0 unspecified atom stereocenters. The van der Waals surface area contributed by atoms with Crippen LogP contribution in [0.2, 0.25) is 0 Å². The first-order valence-corrected chi connectivity index (χ1v) is 15.1. The average Bonchev–Trinajstić information content (AvgIpc) is 2.96. The van der Waals surface area contributed by atoms with E-state index in [-0.39, 0.29) is 23.3 Å². The summed E-state index contributed by atoms with van der Waals surface area (Å²) in [5.74, 6) is 0.943. The fourth-order valence-corrected chi connectivity index (χ4v) is 6.57. The van der Waals surface area contributed by atoms with Crippen LogP contribution in [0.25, 0.3) is 0 Å². The lowest BCUT2D eigenvalue weighted by Gasteiger charge is -2.26. The van der Waals surface area contributed by atoms with Gasteiger partial charge in [-0.1, -0.05) is 60.7 Å². The Morgan fingerprint density at radius 2 is 0.659 bits per heavy atom. The summed E-state index contributed by atoms with van der Waals surface area (Å²) in [5, 5.41) is 42.0. The van der Waals surface area contributed by atoms with Gasteiger partial charge in [-0.2, -0.15) is 0 Å². The Labute approximate surface area is 260 Å². The Bertz CT molecular complexity index is 1720. The molecule has 0 fully saturated rings. The Balaban J connectivity index is 1.71. The summed E-state index contributed by atoms with van der Waals surface area (Å²) in [6.45, 7) is 15.6. The normalized spacial score (nSPS) is 11.5. The van der Waals surface area contributed by atoms with Crippen LogP contribution in [-0.2, 0) is 0 Å². The monoisotopic (exact) mass is 586 g/mol.